The SMILES string of the molecule is COc1cc(F)c(CN(C)CN)cc1F. The van der Waals surface area contributed by atoms with E-state index in [4.69, 9.17) is 5.73 Å². The highest BCUT2D eigenvalue weighted by Gasteiger charge is 2.11. The number of methoxy groups -OCH3 is 1. The first-order valence-electron chi connectivity index (χ1n) is 4.49. The molecule has 5 heteroatoms. The molecule has 0 saturated carbocycles. The monoisotopic (exact) mass is 216 g/mol. The van der Waals surface area contributed by atoms with Crippen molar-refractivity contribution in [3.05, 3.63) is 29.3 Å². The van der Waals surface area contributed by atoms with Gasteiger partial charge in [0.05, 0.1) is 7.11 Å². The van der Waals surface area contributed by atoms with Gasteiger partial charge in [-0.2, -0.15) is 0 Å². The molecule has 0 amide bonds. The number of nitrogens with two attached hydrogens (primary N) is 1. The first-order valence-corrected chi connectivity index (χ1v) is 4.49. The third-order valence-electron chi connectivity index (χ3n) is 2.07. The van der Waals surface area contributed by atoms with Crippen LogP contribution in [0.15, 0.2) is 12.1 Å². The molecule has 0 saturated heterocycles. The van der Waals surface area contributed by atoms with Crippen LogP contribution in [-0.2, 0) is 6.54 Å². The van der Waals surface area contributed by atoms with Gasteiger partial charge < -0.3 is 10.5 Å². The van der Waals surface area contributed by atoms with Gasteiger partial charge in [0.25, 0.3) is 0 Å². The predicted octanol–water partition coefficient (Wildman–Crippen LogP) is 1.32. The summed E-state index contributed by atoms with van der Waals surface area (Å²) in [6.07, 6.45) is 0. The number of benzene rings is 1. The maximum atomic E-state index is 13.4. The molecule has 0 radical (unpaired) electrons. The van der Waals surface area contributed by atoms with Gasteiger partial charge in [0.2, 0.25) is 0 Å². The Morgan fingerprint density at radius 3 is 2.53 bits per heavy atom. The normalized spacial score (nSPS) is 10.8. The lowest BCUT2D eigenvalue weighted by Gasteiger charge is -2.14. The standard InChI is InChI=1S/C10H14F2N2O/c1-14(6-13)5-7-3-9(12)10(15-2)4-8(7)11/h3-4H,5-6,13H2,1-2H3. The molecule has 0 aromatic heterocycles. The molecule has 0 bridgehead atoms. The van der Waals surface area contributed by atoms with Crippen LogP contribution in [0, 0.1) is 11.6 Å². The lowest BCUT2D eigenvalue weighted by atomic mass is 10.2. The molecule has 0 unspecified atom stereocenters. The number of hydrogen-bond donors (Lipinski definition) is 1. The Bertz CT molecular complexity index is 344. The third kappa shape index (κ3) is 2.87. The molecule has 3 nitrogen and oxygen atoms in total. The average molecular weight is 216 g/mol. The highest BCUT2D eigenvalue weighted by Crippen LogP contribution is 2.21. The fourth-order valence-electron chi connectivity index (χ4n) is 1.20. The summed E-state index contributed by atoms with van der Waals surface area (Å²) >= 11 is 0. The fourth-order valence-corrected chi connectivity index (χ4v) is 1.20. The summed E-state index contributed by atoms with van der Waals surface area (Å²) in [7, 11) is 3.02. The van der Waals surface area contributed by atoms with Crippen LogP contribution < -0.4 is 10.5 Å². The van der Waals surface area contributed by atoms with Crippen molar-refractivity contribution in [2.24, 2.45) is 5.73 Å². The maximum absolute atomic E-state index is 13.4. The molecule has 84 valence electrons. The van der Waals surface area contributed by atoms with Gasteiger partial charge >= 0.3 is 0 Å². The quantitative estimate of drug-likeness (QED) is 0.771. The summed E-state index contributed by atoms with van der Waals surface area (Å²) < 4.78 is 31.3. The van der Waals surface area contributed by atoms with Gasteiger partial charge in [0.1, 0.15) is 5.82 Å². The van der Waals surface area contributed by atoms with Gasteiger partial charge in [0.15, 0.2) is 11.6 Å². The average Bonchev–Trinajstić information content (AvgIpc) is 2.22. The zero-order chi connectivity index (χ0) is 11.4. The lowest BCUT2D eigenvalue weighted by molar-refractivity contribution is 0.328. The number of halogens is 2. The van der Waals surface area contributed by atoms with Gasteiger partial charge in [0, 0.05) is 24.8 Å². The fraction of sp³-hybridized carbons (Fsp3) is 0.400. The predicted molar refractivity (Wildman–Crippen MR) is 53.4 cm³/mol. The molecule has 0 aliphatic heterocycles. The minimum absolute atomic E-state index is 0.0911. The molecule has 0 fully saturated rings. The van der Waals surface area contributed by atoms with E-state index in [0.29, 0.717) is 0 Å². The van der Waals surface area contributed by atoms with Crippen LogP contribution >= 0.6 is 0 Å². The molecule has 0 aliphatic carbocycles. The lowest BCUT2D eigenvalue weighted by Crippen LogP contribution is -2.25. The van der Waals surface area contributed by atoms with E-state index < -0.39 is 11.6 Å². The van der Waals surface area contributed by atoms with Crippen molar-refractivity contribution >= 4 is 0 Å². The molecular weight excluding hydrogens is 202 g/mol. The maximum Gasteiger partial charge on any atom is 0.165 e. The van der Waals surface area contributed by atoms with Crippen molar-refractivity contribution < 1.29 is 13.5 Å². The zero-order valence-electron chi connectivity index (χ0n) is 8.76. The topological polar surface area (TPSA) is 38.5 Å². The summed E-state index contributed by atoms with van der Waals surface area (Å²) in [6.45, 7) is 0.552. The van der Waals surface area contributed by atoms with E-state index in [1.54, 1.807) is 11.9 Å². The Morgan fingerprint density at radius 2 is 2.00 bits per heavy atom. The number of rotatable bonds is 4. The van der Waals surface area contributed by atoms with Crippen molar-refractivity contribution in [3.8, 4) is 5.75 Å². The van der Waals surface area contributed by atoms with Crippen LogP contribution in [0.3, 0.4) is 0 Å². The first kappa shape index (κ1) is 11.9. The van der Waals surface area contributed by atoms with Crippen LogP contribution in [-0.4, -0.2) is 25.7 Å². The van der Waals surface area contributed by atoms with E-state index in [1.807, 2.05) is 0 Å². The Labute approximate surface area is 87.4 Å². The van der Waals surface area contributed by atoms with E-state index in [9.17, 15) is 8.78 Å². The summed E-state index contributed by atoms with van der Waals surface area (Å²) in [5.41, 5.74) is 5.61. The third-order valence-corrected chi connectivity index (χ3v) is 2.07. The second-order valence-electron chi connectivity index (χ2n) is 3.27. The van der Waals surface area contributed by atoms with Crippen molar-refractivity contribution in [1.82, 2.24) is 4.90 Å². The highest BCUT2D eigenvalue weighted by atomic mass is 19.1. The molecule has 1 aromatic carbocycles. The van der Waals surface area contributed by atoms with Crippen LogP contribution in [0.4, 0.5) is 8.78 Å². The second kappa shape index (κ2) is 5.04. The van der Waals surface area contributed by atoms with Crippen LogP contribution in [0.1, 0.15) is 5.56 Å². The Balaban J connectivity index is 2.95. The molecule has 0 aliphatic rings. The largest absolute Gasteiger partial charge is 0.494 e. The van der Waals surface area contributed by atoms with Crippen LogP contribution in [0.5, 0.6) is 5.75 Å². The molecule has 0 spiro atoms. The molecule has 1 aromatic rings. The molecule has 0 heterocycles. The van der Waals surface area contributed by atoms with E-state index in [0.717, 1.165) is 12.1 Å². The van der Waals surface area contributed by atoms with Gasteiger partial charge in [-0.1, -0.05) is 0 Å². The summed E-state index contributed by atoms with van der Waals surface area (Å²) in [5, 5.41) is 0. The molecular formula is C10H14F2N2O. The minimum Gasteiger partial charge on any atom is -0.494 e. The smallest absolute Gasteiger partial charge is 0.165 e. The molecule has 0 atom stereocenters. The van der Waals surface area contributed by atoms with E-state index in [-0.39, 0.29) is 24.5 Å². The van der Waals surface area contributed by atoms with Gasteiger partial charge in [-0.25, -0.2) is 8.78 Å². The zero-order valence-corrected chi connectivity index (χ0v) is 8.76. The van der Waals surface area contributed by atoms with Gasteiger partial charge in [-0.3, -0.25) is 4.90 Å². The van der Waals surface area contributed by atoms with E-state index in [2.05, 4.69) is 4.74 Å². The van der Waals surface area contributed by atoms with Gasteiger partial charge in [-0.15, -0.1) is 0 Å². The van der Waals surface area contributed by atoms with Crippen molar-refractivity contribution in [3.63, 3.8) is 0 Å². The van der Waals surface area contributed by atoms with Crippen molar-refractivity contribution in [2.45, 2.75) is 6.54 Å². The summed E-state index contributed by atoms with van der Waals surface area (Å²) in [5.74, 6) is -1.15. The van der Waals surface area contributed by atoms with E-state index >= 15 is 0 Å². The second-order valence-corrected chi connectivity index (χ2v) is 3.27. The van der Waals surface area contributed by atoms with Crippen molar-refractivity contribution in [1.29, 1.82) is 0 Å². The molecule has 1 rings (SSSR count). The Hall–Kier alpha value is -1.20. The Morgan fingerprint density at radius 1 is 1.33 bits per heavy atom. The summed E-state index contributed by atoms with van der Waals surface area (Å²) in [4.78, 5) is 1.67. The highest BCUT2D eigenvalue weighted by molar-refractivity contribution is 5.30. The van der Waals surface area contributed by atoms with Crippen molar-refractivity contribution in [2.75, 3.05) is 20.8 Å². The number of nitrogens with zero attached hydrogens (tertiary/aromatic N) is 1. The minimum atomic E-state index is -0.570. The van der Waals surface area contributed by atoms with Gasteiger partial charge in [-0.05, 0) is 13.1 Å². The number of hydrogen-bond acceptors (Lipinski definition) is 3. The molecule has 15 heavy (non-hydrogen) atoms. The Kier molecular flexibility index (Phi) is 3.99. The van der Waals surface area contributed by atoms with E-state index in [1.165, 1.54) is 7.11 Å². The van der Waals surface area contributed by atoms with Crippen LogP contribution in [0.2, 0.25) is 0 Å². The number of ether oxygens (including phenoxy) is 1. The first-order chi connectivity index (χ1) is 7.08. The summed E-state index contributed by atoms with van der Waals surface area (Å²) in [6, 6.07) is 2.16. The molecule has 2 N–H and O–H groups in total. The van der Waals surface area contributed by atoms with Crippen LogP contribution in [0.25, 0.3) is 0 Å².